The third-order valence-electron chi connectivity index (χ3n) is 3.82. The average molecular weight is 285 g/mol. The van der Waals surface area contributed by atoms with Crippen LogP contribution in [0.1, 0.15) is 29.9 Å². The number of hydrogen-bond donors (Lipinski definition) is 1. The van der Waals surface area contributed by atoms with Crippen LogP contribution in [0.2, 0.25) is 0 Å². The SMILES string of the molecule is CCN(CC)CCNC(=O)c1cc2c(C)cccc2cn1. The number of likely N-dealkylation sites (N-methyl/N-ethyl adjacent to an activating group) is 1. The molecule has 0 unspecified atom stereocenters. The molecule has 0 atom stereocenters. The van der Waals surface area contributed by atoms with Gasteiger partial charge in [-0.3, -0.25) is 9.78 Å². The minimum Gasteiger partial charge on any atom is -0.349 e. The lowest BCUT2D eigenvalue weighted by atomic mass is 10.1. The maximum absolute atomic E-state index is 12.2. The van der Waals surface area contributed by atoms with Gasteiger partial charge in [0.25, 0.3) is 5.91 Å². The van der Waals surface area contributed by atoms with E-state index in [1.165, 1.54) is 0 Å². The molecule has 1 aromatic carbocycles. The molecule has 1 aromatic heterocycles. The van der Waals surface area contributed by atoms with E-state index in [0.29, 0.717) is 12.2 Å². The fourth-order valence-corrected chi connectivity index (χ4v) is 2.41. The van der Waals surface area contributed by atoms with Crippen molar-refractivity contribution in [2.45, 2.75) is 20.8 Å². The molecule has 4 heteroatoms. The Balaban J connectivity index is 2.04. The topological polar surface area (TPSA) is 45.2 Å². The number of carbonyl (C=O) groups excluding carboxylic acids is 1. The van der Waals surface area contributed by atoms with Crippen molar-refractivity contribution in [1.29, 1.82) is 0 Å². The molecule has 21 heavy (non-hydrogen) atoms. The maximum atomic E-state index is 12.2. The Labute approximate surface area is 126 Å². The van der Waals surface area contributed by atoms with E-state index >= 15 is 0 Å². The van der Waals surface area contributed by atoms with Crippen LogP contribution in [0.5, 0.6) is 0 Å². The Morgan fingerprint density at radius 3 is 2.76 bits per heavy atom. The lowest BCUT2D eigenvalue weighted by Crippen LogP contribution is -2.35. The molecule has 2 aromatic rings. The van der Waals surface area contributed by atoms with Crippen LogP contribution in [0.3, 0.4) is 0 Å². The summed E-state index contributed by atoms with van der Waals surface area (Å²) in [5.41, 5.74) is 1.64. The summed E-state index contributed by atoms with van der Waals surface area (Å²) in [6.07, 6.45) is 1.77. The molecular formula is C17H23N3O. The second kappa shape index (κ2) is 7.18. The van der Waals surface area contributed by atoms with Crippen molar-refractivity contribution in [3.8, 4) is 0 Å². The molecule has 1 heterocycles. The van der Waals surface area contributed by atoms with E-state index in [1.807, 2.05) is 31.2 Å². The number of carbonyl (C=O) groups is 1. The smallest absolute Gasteiger partial charge is 0.269 e. The fourth-order valence-electron chi connectivity index (χ4n) is 2.41. The van der Waals surface area contributed by atoms with Crippen LogP contribution in [-0.4, -0.2) is 42.0 Å². The van der Waals surface area contributed by atoms with Crippen LogP contribution >= 0.6 is 0 Å². The summed E-state index contributed by atoms with van der Waals surface area (Å²) in [7, 11) is 0. The van der Waals surface area contributed by atoms with E-state index in [0.717, 1.165) is 36.0 Å². The molecule has 0 bridgehead atoms. The molecular weight excluding hydrogens is 262 g/mol. The number of amides is 1. The quantitative estimate of drug-likeness (QED) is 0.887. The highest BCUT2D eigenvalue weighted by Crippen LogP contribution is 2.17. The van der Waals surface area contributed by atoms with Gasteiger partial charge in [-0.1, -0.05) is 32.0 Å². The number of hydrogen-bond acceptors (Lipinski definition) is 3. The van der Waals surface area contributed by atoms with E-state index < -0.39 is 0 Å². The summed E-state index contributed by atoms with van der Waals surface area (Å²) in [4.78, 5) is 18.7. The van der Waals surface area contributed by atoms with Gasteiger partial charge in [-0.15, -0.1) is 0 Å². The van der Waals surface area contributed by atoms with Crippen molar-refractivity contribution < 1.29 is 4.79 Å². The lowest BCUT2D eigenvalue weighted by Gasteiger charge is -2.17. The summed E-state index contributed by atoms with van der Waals surface area (Å²) >= 11 is 0. The molecule has 0 aliphatic rings. The van der Waals surface area contributed by atoms with Gasteiger partial charge in [0.1, 0.15) is 5.69 Å². The van der Waals surface area contributed by atoms with Crippen molar-refractivity contribution in [1.82, 2.24) is 15.2 Å². The third kappa shape index (κ3) is 3.79. The maximum Gasteiger partial charge on any atom is 0.269 e. The minimum atomic E-state index is -0.104. The number of rotatable bonds is 6. The number of aromatic nitrogens is 1. The van der Waals surface area contributed by atoms with Crippen molar-refractivity contribution in [3.63, 3.8) is 0 Å². The molecule has 0 saturated carbocycles. The number of benzene rings is 1. The van der Waals surface area contributed by atoms with Crippen LogP contribution in [-0.2, 0) is 0 Å². The Hall–Kier alpha value is -1.94. The standard InChI is InChI=1S/C17H23N3O/c1-4-20(5-2)10-9-18-17(21)16-11-15-13(3)7-6-8-14(15)12-19-16/h6-8,11-12H,4-5,9-10H2,1-3H3,(H,18,21). The Kier molecular flexibility index (Phi) is 5.28. The molecule has 1 N–H and O–H groups in total. The summed E-state index contributed by atoms with van der Waals surface area (Å²) in [5.74, 6) is -0.104. The second-order valence-electron chi connectivity index (χ2n) is 5.15. The molecule has 4 nitrogen and oxygen atoms in total. The predicted molar refractivity (Wildman–Crippen MR) is 86.6 cm³/mol. The first-order valence-corrected chi connectivity index (χ1v) is 7.51. The molecule has 2 rings (SSSR count). The van der Waals surface area contributed by atoms with Crippen LogP contribution in [0.4, 0.5) is 0 Å². The Morgan fingerprint density at radius 2 is 2.05 bits per heavy atom. The lowest BCUT2D eigenvalue weighted by molar-refractivity contribution is 0.0944. The molecule has 0 radical (unpaired) electrons. The highest BCUT2D eigenvalue weighted by molar-refractivity contribution is 5.97. The molecule has 0 aliphatic heterocycles. The van der Waals surface area contributed by atoms with Gasteiger partial charge in [-0.2, -0.15) is 0 Å². The molecule has 0 saturated heterocycles. The molecule has 0 fully saturated rings. The van der Waals surface area contributed by atoms with Crippen molar-refractivity contribution in [2.75, 3.05) is 26.2 Å². The van der Waals surface area contributed by atoms with Crippen LogP contribution in [0, 0.1) is 6.92 Å². The number of pyridine rings is 1. The number of nitrogens with zero attached hydrogens (tertiary/aromatic N) is 2. The molecule has 0 aliphatic carbocycles. The highest BCUT2D eigenvalue weighted by atomic mass is 16.1. The van der Waals surface area contributed by atoms with Gasteiger partial charge in [0.05, 0.1) is 0 Å². The first-order valence-electron chi connectivity index (χ1n) is 7.51. The third-order valence-corrected chi connectivity index (χ3v) is 3.82. The van der Waals surface area contributed by atoms with E-state index in [1.54, 1.807) is 6.20 Å². The summed E-state index contributed by atoms with van der Waals surface area (Å²) in [6.45, 7) is 9.81. The van der Waals surface area contributed by atoms with E-state index in [-0.39, 0.29) is 5.91 Å². The van der Waals surface area contributed by atoms with Crippen molar-refractivity contribution >= 4 is 16.7 Å². The number of nitrogens with one attached hydrogen (secondary N) is 1. The van der Waals surface area contributed by atoms with Crippen LogP contribution in [0.25, 0.3) is 10.8 Å². The first-order chi connectivity index (χ1) is 10.2. The van der Waals surface area contributed by atoms with Gasteiger partial charge < -0.3 is 10.2 Å². The first kappa shape index (κ1) is 15.4. The van der Waals surface area contributed by atoms with Gasteiger partial charge in [0.2, 0.25) is 0 Å². The van der Waals surface area contributed by atoms with Crippen molar-refractivity contribution in [3.05, 3.63) is 41.7 Å². The highest BCUT2D eigenvalue weighted by Gasteiger charge is 2.09. The van der Waals surface area contributed by atoms with Crippen molar-refractivity contribution in [2.24, 2.45) is 0 Å². The van der Waals surface area contributed by atoms with Gasteiger partial charge in [-0.05, 0) is 37.0 Å². The molecule has 0 spiro atoms. The monoisotopic (exact) mass is 285 g/mol. The zero-order valence-electron chi connectivity index (χ0n) is 13.0. The van der Waals surface area contributed by atoms with Gasteiger partial charge in [0.15, 0.2) is 0 Å². The van der Waals surface area contributed by atoms with Gasteiger partial charge in [-0.25, -0.2) is 0 Å². The largest absolute Gasteiger partial charge is 0.349 e. The minimum absolute atomic E-state index is 0.104. The van der Waals surface area contributed by atoms with Gasteiger partial charge in [0, 0.05) is 24.7 Å². The number of aryl methyl sites for hydroxylation is 1. The van der Waals surface area contributed by atoms with E-state index in [2.05, 4.69) is 29.0 Å². The van der Waals surface area contributed by atoms with Gasteiger partial charge >= 0.3 is 0 Å². The molecule has 1 amide bonds. The summed E-state index contributed by atoms with van der Waals surface area (Å²) in [6, 6.07) is 7.93. The summed E-state index contributed by atoms with van der Waals surface area (Å²) in [5, 5.41) is 5.09. The second-order valence-corrected chi connectivity index (χ2v) is 5.15. The summed E-state index contributed by atoms with van der Waals surface area (Å²) < 4.78 is 0. The fraction of sp³-hybridized carbons (Fsp3) is 0.412. The molecule has 112 valence electrons. The zero-order valence-corrected chi connectivity index (χ0v) is 13.0. The Bertz CT molecular complexity index is 620. The number of fused-ring (bicyclic) bond motifs is 1. The predicted octanol–water partition coefficient (Wildman–Crippen LogP) is 2.61. The average Bonchev–Trinajstić information content (AvgIpc) is 2.51. The normalized spacial score (nSPS) is 11.0. The van der Waals surface area contributed by atoms with E-state index in [4.69, 9.17) is 0 Å². The van der Waals surface area contributed by atoms with Crippen LogP contribution in [0.15, 0.2) is 30.5 Å². The van der Waals surface area contributed by atoms with E-state index in [9.17, 15) is 4.79 Å². The van der Waals surface area contributed by atoms with Crippen LogP contribution < -0.4 is 5.32 Å². The Morgan fingerprint density at radius 1 is 1.29 bits per heavy atom. The zero-order chi connectivity index (χ0) is 15.2.